The van der Waals surface area contributed by atoms with Crippen molar-refractivity contribution in [3.63, 3.8) is 0 Å². The zero-order chi connectivity index (χ0) is 40.1. The van der Waals surface area contributed by atoms with Gasteiger partial charge in [0.05, 0.1) is 23.2 Å². The van der Waals surface area contributed by atoms with Crippen LogP contribution in [0.1, 0.15) is 15.1 Å². The highest BCUT2D eigenvalue weighted by Gasteiger charge is 2.19. The Labute approximate surface area is 278 Å². The molecule has 0 bridgehead atoms. The number of benzene rings is 6. The third-order valence-corrected chi connectivity index (χ3v) is 9.79. The summed E-state index contributed by atoms with van der Waals surface area (Å²) in [6, 6.07) is 14.8. The summed E-state index contributed by atoms with van der Waals surface area (Å²) in [7, 11) is -1.65. The molecule has 2 heterocycles. The van der Waals surface area contributed by atoms with Gasteiger partial charge < -0.3 is 4.42 Å². The summed E-state index contributed by atoms with van der Waals surface area (Å²) in [5, 5.41) is 2.66. The first-order chi connectivity index (χ1) is 26.5. The predicted molar refractivity (Wildman–Crippen MR) is 189 cm³/mol. The Hall–Kier alpha value is -5.39. The quantitative estimate of drug-likeness (QED) is 0.182. The molecule has 0 aliphatic carbocycles. The Bertz CT molecular complexity index is 2950. The van der Waals surface area contributed by atoms with E-state index in [1.807, 2.05) is 66.7 Å². The van der Waals surface area contributed by atoms with E-state index >= 15 is 0 Å². The maximum absolute atomic E-state index is 9.45. The highest BCUT2D eigenvalue weighted by atomic mass is 28.3. The van der Waals surface area contributed by atoms with Crippen molar-refractivity contribution in [1.29, 1.82) is 0 Å². The minimum Gasteiger partial charge on any atom is -0.456 e. The van der Waals surface area contributed by atoms with Crippen LogP contribution in [0.15, 0.2) is 138 Å². The van der Waals surface area contributed by atoms with Gasteiger partial charge in [-0.15, -0.1) is 0 Å². The molecule has 0 saturated heterocycles. The Morgan fingerprint density at radius 1 is 0.556 bits per heavy atom. The van der Waals surface area contributed by atoms with Gasteiger partial charge in [-0.25, -0.2) is 15.0 Å². The van der Waals surface area contributed by atoms with Gasteiger partial charge in [-0.3, -0.25) is 0 Å². The van der Waals surface area contributed by atoms with E-state index < -0.39 is 80.1 Å². The Morgan fingerprint density at radius 3 is 2.09 bits per heavy atom. The standard InChI is InChI=1S/C40H31N3OSi/c1-45(2,3)30-22-19-28(20-23-30)38-41-39(43-40(42-38)33-17-9-14-26-13-7-8-15-31(26)33)29-21-24-34-36(25-29)44-35-18-10-16-32(37(34)35)27-11-5-4-6-12-27/h4-25H,1-3H3/i4D,5D,6D,10D,11D,12D,16D,18D,21D,24D,25D. The second-order valence-corrected chi connectivity index (χ2v) is 16.7. The van der Waals surface area contributed by atoms with Crippen molar-refractivity contribution in [2.45, 2.75) is 19.6 Å². The predicted octanol–water partition coefficient (Wildman–Crippen LogP) is 10.1. The molecule has 8 aromatic rings. The van der Waals surface area contributed by atoms with E-state index in [2.05, 4.69) is 19.6 Å². The number of hydrogen-bond donors (Lipinski definition) is 0. The summed E-state index contributed by atoms with van der Waals surface area (Å²) in [6.45, 7) is 6.73. The molecular formula is C40H31N3OSi. The van der Waals surface area contributed by atoms with E-state index in [0.717, 1.165) is 10.8 Å². The number of fused-ring (bicyclic) bond motifs is 4. The smallest absolute Gasteiger partial charge is 0.164 e. The first kappa shape index (κ1) is 17.8. The monoisotopic (exact) mass is 608 g/mol. The highest BCUT2D eigenvalue weighted by Crippen LogP contribution is 2.38. The summed E-state index contributed by atoms with van der Waals surface area (Å²) < 4.78 is 102. The van der Waals surface area contributed by atoms with Crippen LogP contribution in [0.3, 0.4) is 0 Å². The van der Waals surface area contributed by atoms with Crippen LogP contribution in [0, 0.1) is 0 Å². The van der Waals surface area contributed by atoms with Gasteiger partial charge in [0.2, 0.25) is 0 Å². The lowest BCUT2D eigenvalue weighted by Gasteiger charge is -2.16. The average Bonchev–Trinajstić information content (AvgIpc) is 3.59. The average molecular weight is 609 g/mol. The zero-order valence-corrected chi connectivity index (χ0v) is 25.6. The Kier molecular flexibility index (Phi) is 4.21. The number of hydrogen-bond acceptors (Lipinski definition) is 4. The summed E-state index contributed by atoms with van der Waals surface area (Å²) in [5.74, 6) is 0.447. The maximum atomic E-state index is 9.45. The van der Waals surface area contributed by atoms with Crippen LogP contribution in [0.2, 0.25) is 19.6 Å². The van der Waals surface area contributed by atoms with Gasteiger partial charge in [0.25, 0.3) is 0 Å². The molecule has 8 rings (SSSR count). The molecule has 0 unspecified atom stereocenters. The van der Waals surface area contributed by atoms with E-state index in [4.69, 9.17) is 30.3 Å². The lowest BCUT2D eigenvalue weighted by molar-refractivity contribution is 0.669. The lowest BCUT2D eigenvalue weighted by atomic mass is 9.99. The fourth-order valence-electron chi connectivity index (χ4n) is 5.40. The molecule has 6 aromatic carbocycles. The largest absolute Gasteiger partial charge is 0.456 e. The summed E-state index contributed by atoms with van der Waals surface area (Å²) in [4.78, 5) is 14.5. The number of nitrogens with zero attached hydrogens (tertiary/aromatic N) is 3. The second-order valence-electron chi connectivity index (χ2n) is 11.7. The van der Waals surface area contributed by atoms with E-state index in [0.29, 0.717) is 11.1 Å². The molecule has 0 radical (unpaired) electrons. The van der Waals surface area contributed by atoms with Crippen molar-refractivity contribution in [3.8, 4) is 45.3 Å². The highest BCUT2D eigenvalue weighted by molar-refractivity contribution is 6.88. The Morgan fingerprint density at radius 2 is 1.29 bits per heavy atom. The first-order valence-electron chi connectivity index (χ1n) is 19.9. The van der Waals surface area contributed by atoms with Gasteiger partial charge in [0.15, 0.2) is 17.5 Å². The molecule has 2 aromatic heterocycles. The van der Waals surface area contributed by atoms with Crippen LogP contribution in [0.5, 0.6) is 0 Å². The molecule has 0 saturated carbocycles. The second kappa shape index (κ2) is 10.6. The van der Waals surface area contributed by atoms with Gasteiger partial charge in [-0.1, -0.05) is 140 Å². The van der Waals surface area contributed by atoms with Gasteiger partial charge in [0, 0.05) is 27.5 Å². The summed E-state index contributed by atoms with van der Waals surface area (Å²) in [6.07, 6.45) is 0. The van der Waals surface area contributed by atoms with E-state index in [-0.39, 0.29) is 50.5 Å². The molecule has 0 aliphatic heterocycles. The SMILES string of the molecule is [2H]c1c([2H])c([2H])c(-c2c([2H])c([2H])c([2H])c3oc4c([2H])c(-c5nc(-c6ccc([Si](C)(C)C)cc6)nc(-c6cccc7ccccc67)n5)c([2H])c([2H])c4c23)c([2H])c1[2H]. The number of rotatable bonds is 5. The minimum absolute atomic E-state index is 0.0858. The zero-order valence-electron chi connectivity index (χ0n) is 35.6. The van der Waals surface area contributed by atoms with Gasteiger partial charge in [-0.05, 0) is 40.0 Å². The van der Waals surface area contributed by atoms with Gasteiger partial charge in [-0.2, -0.15) is 0 Å². The van der Waals surface area contributed by atoms with E-state index in [9.17, 15) is 4.11 Å². The Balaban J connectivity index is 1.46. The molecule has 0 spiro atoms. The molecule has 0 aliphatic rings. The van der Waals surface area contributed by atoms with Crippen molar-refractivity contribution in [1.82, 2.24) is 15.0 Å². The van der Waals surface area contributed by atoms with Crippen LogP contribution in [0.4, 0.5) is 0 Å². The van der Waals surface area contributed by atoms with E-state index in [1.165, 1.54) is 5.19 Å². The third kappa shape index (κ3) is 4.91. The third-order valence-electron chi connectivity index (χ3n) is 7.72. The van der Waals surface area contributed by atoms with Crippen LogP contribution in [-0.4, -0.2) is 23.0 Å². The van der Waals surface area contributed by atoms with Gasteiger partial charge in [0.1, 0.15) is 11.2 Å². The summed E-state index contributed by atoms with van der Waals surface area (Å²) in [5.41, 5.74) is -0.204. The number of furan rings is 1. The lowest BCUT2D eigenvalue weighted by Crippen LogP contribution is -2.37. The fraction of sp³-hybridized carbons (Fsp3) is 0.0750. The first-order valence-corrected chi connectivity index (χ1v) is 17.9. The van der Waals surface area contributed by atoms with Crippen LogP contribution < -0.4 is 5.19 Å². The molecule has 0 N–H and O–H groups in total. The van der Waals surface area contributed by atoms with Crippen molar-refractivity contribution >= 4 is 46.0 Å². The molecule has 0 atom stereocenters. The molecule has 216 valence electrons. The van der Waals surface area contributed by atoms with Crippen LogP contribution in [0.25, 0.3) is 78.0 Å². The molecule has 0 fully saturated rings. The molecule has 5 heteroatoms. The molecule has 45 heavy (non-hydrogen) atoms. The normalized spacial score (nSPS) is 15.3. The van der Waals surface area contributed by atoms with Crippen molar-refractivity contribution in [2.75, 3.05) is 0 Å². The fourth-order valence-corrected chi connectivity index (χ4v) is 6.57. The van der Waals surface area contributed by atoms with Crippen LogP contribution >= 0.6 is 0 Å². The van der Waals surface area contributed by atoms with Crippen LogP contribution in [-0.2, 0) is 0 Å². The van der Waals surface area contributed by atoms with Crippen molar-refractivity contribution < 1.29 is 19.5 Å². The molecule has 4 nitrogen and oxygen atoms in total. The van der Waals surface area contributed by atoms with E-state index in [1.54, 1.807) is 0 Å². The maximum Gasteiger partial charge on any atom is 0.164 e. The number of aromatic nitrogens is 3. The molecule has 0 amide bonds. The topological polar surface area (TPSA) is 51.8 Å². The van der Waals surface area contributed by atoms with Gasteiger partial charge >= 0.3 is 0 Å². The minimum atomic E-state index is -1.65. The van der Waals surface area contributed by atoms with Crippen molar-refractivity contribution in [2.24, 2.45) is 0 Å². The summed E-state index contributed by atoms with van der Waals surface area (Å²) >= 11 is 0. The van der Waals surface area contributed by atoms with Crippen molar-refractivity contribution in [3.05, 3.63) is 133 Å². The molecular weight excluding hydrogens is 567 g/mol.